The number of hydrogen-bond acceptors (Lipinski definition) is 3. The molecule has 2 N–H and O–H groups in total. The van der Waals surface area contributed by atoms with Crippen LogP contribution in [0.5, 0.6) is 0 Å². The normalized spacial score (nSPS) is 10.1. The Kier molecular flexibility index (Phi) is 4.20. The maximum atomic E-state index is 11.6. The van der Waals surface area contributed by atoms with Crippen LogP contribution >= 0.6 is 0 Å². The fourth-order valence-electron chi connectivity index (χ4n) is 1.67. The van der Waals surface area contributed by atoms with Gasteiger partial charge in [0.1, 0.15) is 5.76 Å². The summed E-state index contributed by atoms with van der Waals surface area (Å²) in [5, 5.41) is 5.39. The van der Waals surface area contributed by atoms with Gasteiger partial charge in [0, 0.05) is 17.8 Å². The molecule has 0 atom stereocenters. The van der Waals surface area contributed by atoms with Gasteiger partial charge in [0.25, 0.3) is 0 Å². The van der Waals surface area contributed by atoms with Crippen molar-refractivity contribution in [1.29, 1.82) is 0 Å². The van der Waals surface area contributed by atoms with E-state index in [4.69, 9.17) is 4.42 Å². The Morgan fingerprint density at radius 1 is 1.45 bits per heavy atom. The molecule has 2 amide bonds. The highest BCUT2D eigenvalue weighted by Gasteiger charge is 2.09. The SMILES string of the molecule is C=CCNC(=O)Nc1cccc(-c2nc(C)c(C)o2)c1. The van der Waals surface area contributed by atoms with E-state index in [1.165, 1.54) is 0 Å². The molecule has 2 rings (SSSR count). The van der Waals surface area contributed by atoms with E-state index in [0.717, 1.165) is 17.0 Å². The van der Waals surface area contributed by atoms with Crippen LogP contribution in [0, 0.1) is 13.8 Å². The predicted molar refractivity (Wildman–Crippen MR) is 78.6 cm³/mol. The number of amides is 2. The maximum Gasteiger partial charge on any atom is 0.319 e. The third kappa shape index (κ3) is 3.26. The number of rotatable bonds is 4. The summed E-state index contributed by atoms with van der Waals surface area (Å²) in [4.78, 5) is 15.9. The van der Waals surface area contributed by atoms with E-state index in [2.05, 4.69) is 22.2 Å². The van der Waals surface area contributed by atoms with E-state index in [0.29, 0.717) is 18.1 Å². The van der Waals surface area contributed by atoms with Gasteiger partial charge >= 0.3 is 6.03 Å². The van der Waals surface area contributed by atoms with Crippen molar-refractivity contribution in [2.75, 3.05) is 11.9 Å². The van der Waals surface area contributed by atoms with E-state index in [1.54, 1.807) is 12.1 Å². The molecule has 20 heavy (non-hydrogen) atoms. The summed E-state index contributed by atoms with van der Waals surface area (Å²) in [7, 11) is 0. The summed E-state index contributed by atoms with van der Waals surface area (Å²) in [5.41, 5.74) is 2.36. The fraction of sp³-hybridized carbons (Fsp3) is 0.200. The van der Waals surface area contributed by atoms with Gasteiger partial charge < -0.3 is 15.1 Å². The molecule has 104 valence electrons. The van der Waals surface area contributed by atoms with Gasteiger partial charge in [-0.05, 0) is 32.0 Å². The number of carbonyl (C=O) groups is 1. The third-order valence-corrected chi connectivity index (χ3v) is 2.80. The molecule has 0 bridgehead atoms. The lowest BCUT2D eigenvalue weighted by atomic mass is 10.2. The standard InChI is InChI=1S/C15H17N3O2/c1-4-8-16-15(19)18-13-7-5-6-12(9-13)14-17-10(2)11(3)20-14/h4-7,9H,1,8H2,2-3H3,(H2,16,18,19). The molecule has 0 aliphatic rings. The van der Waals surface area contributed by atoms with Gasteiger partial charge in [-0.3, -0.25) is 0 Å². The molecule has 2 aromatic rings. The molecular formula is C15H17N3O2. The summed E-state index contributed by atoms with van der Waals surface area (Å²) >= 11 is 0. The zero-order valence-electron chi connectivity index (χ0n) is 11.6. The Balaban J connectivity index is 2.15. The molecular weight excluding hydrogens is 254 g/mol. The summed E-state index contributed by atoms with van der Waals surface area (Å²) in [6.07, 6.45) is 1.62. The van der Waals surface area contributed by atoms with Gasteiger partial charge in [0.2, 0.25) is 5.89 Å². The maximum absolute atomic E-state index is 11.6. The van der Waals surface area contributed by atoms with Gasteiger partial charge in [-0.2, -0.15) is 0 Å². The zero-order valence-corrected chi connectivity index (χ0v) is 11.6. The summed E-state index contributed by atoms with van der Waals surface area (Å²) in [6, 6.07) is 7.07. The second-order valence-corrected chi connectivity index (χ2v) is 4.37. The van der Waals surface area contributed by atoms with Crippen molar-refractivity contribution < 1.29 is 9.21 Å². The molecule has 0 saturated carbocycles. The van der Waals surface area contributed by atoms with Gasteiger partial charge in [0.15, 0.2) is 0 Å². The van der Waals surface area contributed by atoms with Crippen molar-refractivity contribution in [3.63, 3.8) is 0 Å². The van der Waals surface area contributed by atoms with Gasteiger partial charge in [-0.25, -0.2) is 9.78 Å². The first-order valence-electron chi connectivity index (χ1n) is 6.30. The van der Waals surface area contributed by atoms with Crippen LogP contribution in [0.25, 0.3) is 11.5 Å². The van der Waals surface area contributed by atoms with E-state index < -0.39 is 0 Å². The summed E-state index contributed by atoms with van der Waals surface area (Å²) in [5.74, 6) is 1.34. The number of anilines is 1. The first-order chi connectivity index (χ1) is 9.60. The summed E-state index contributed by atoms with van der Waals surface area (Å²) in [6.45, 7) is 7.73. The molecule has 0 radical (unpaired) electrons. The molecule has 0 spiro atoms. The number of urea groups is 1. The van der Waals surface area contributed by atoms with Gasteiger partial charge in [-0.1, -0.05) is 12.1 Å². The first-order valence-corrected chi connectivity index (χ1v) is 6.30. The number of oxazole rings is 1. The van der Waals surface area contributed by atoms with E-state index >= 15 is 0 Å². The predicted octanol–water partition coefficient (Wildman–Crippen LogP) is 3.27. The number of aromatic nitrogens is 1. The van der Waals surface area contributed by atoms with Crippen LogP contribution in [0.4, 0.5) is 10.5 Å². The van der Waals surface area contributed by atoms with E-state index in [1.807, 2.05) is 32.0 Å². The number of nitrogens with zero attached hydrogens (tertiary/aromatic N) is 1. The Hall–Kier alpha value is -2.56. The van der Waals surface area contributed by atoms with Crippen molar-refractivity contribution in [3.05, 3.63) is 48.4 Å². The van der Waals surface area contributed by atoms with Gasteiger partial charge in [-0.15, -0.1) is 6.58 Å². The number of hydrogen-bond donors (Lipinski definition) is 2. The van der Waals surface area contributed by atoms with Crippen LogP contribution in [0.15, 0.2) is 41.3 Å². The average molecular weight is 271 g/mol. The highest BCUT2D eigenvalue weighted by atomic mass is 16.4. The number of nitrogens with one attached hydrogen (secondary N) is 2. The van der Waals surface area contributed by atoms with Crippen LogP contribution in [-0.2, 0) is 0 Å². The molecule has 5 heteroatoms. The lowest BCUT2D eigenvalue weighted by Gasteiger charge is -2.06. The molecule has 0 unspecified atom stereocenters. The largest absolute Gasteiger partial charge is 0.441 e. The van der Waals surface area contributed by atoms with E-state index in [9.17, 15) is 4.79 Å². The Bertz CT molecular complexity index is 612. The lowest BCUT2D eigenvalue weighted by Crippen LogP contribution is -2.28. The Morgan fingerprint density at radius 3 is 2.90 bits per heavy atom. The molecule has 1 aromatic carbocycles. The Labute approximate surface area is 117 Å². The third-order valence-electron chi connectivity index (χ3n) is 2.80. The molecule has 0 aliphatic heterocycles. The highest BCUT2D eigenvalue weighted by Crippen LogP contribution is 2.23. The highest BCUT2D eigenvalue weighted by molar-refractivity contribution is 5.89. The van der Waals surface area contributed by atoms with Crippen LogP contribution < -0.4 is 10.6 Å². The minimum Gasteiger partial charge on any atom is -0.441 e. The molecule has 1 aromatic heterocycles. The lowest BCUT2D eigenvalue weighted by molar-refractivity contribution is 0.253. The van der Waals surface area contributed by atoms with Crippen LogP contribution in [0.2, 0.25) is 0 Å². The number of benzene rings is 1. The minimum atomic E-state index is -0.276. The monoisotopic (exact) mass is 271 g/mol. The smallest absolute Gasteiger partial charge is 0.319 e. The van der Waals surface area contributed by atoms with Crippen molar-refractivity contribution in [2.24, 2.45) is 0 Å². The van der Waals surface area contributed by atoms with Crippen molar-refractivity contribution in [3.8, 4) is 11.5 Å². The average Bonchev–Trinajstić information content (AvgIpc) is 2.77. The molecule has 0 saturated heterocycles. The second kappa shape index (κ2) is 6.06. The zero-order chi connectivity index (χ0) is 14.5. The van der Waals surface area contributed by atoms with Crippen molar-refractivity contribution in [1.82, 2.24) is 10.3 Å². The molecule has 0 fully saturated rings. The topological polar surface area (TPSA) is 67.2 Å². The van der Waals surface area contributed by atoms with Crippen molar-refractivity contribution >= 4 is 11.7 Å². The first kappa shape index (κ1) is 13.9. The van der Waals surface area contributed by atoms with Crippen LogP contribution in [0.3, 0.4) is 0 Å². The second-order valence-electron chi connectivity index (χ2n) is 4.37. The number of carbonyl (C=O) groups excluding carboxylic acids is 1. The minimum absolute atomic E-state index is 0.276. The van der Waals surface area contributed by atoms with Gasteiger partial charge in [0.05, 0.1) is 5.69 Å². The molecule has 1 heterocycles. The quantitative estimate of drug-likeness (QED) is 0.839. The van der Waals surface area contributed by atoms with Crippen molar-refractivity contribution in [2.45, 2.75) is 13.8 Å². The molecule has 5 nitrogen and oxygen atoms in total. The number of aryl methyl sites for hydroxylation is 2. The van der Waals surface area contributed by atoms with Crippen LogP contribution in [0.1, 0.15) is 11.5 Å². The van der Waals surface area contributed by atoms with Crippen LogP contribution in [-0.4, -0.2) is 17.6 Å². The molecule has 0 aliphatic carbocycles. The summed E-state index contributed by atoms with van der Waals surface area (Å²) < 4.78 is 5.57. The Morgan fingerprint density at radius 2 is 2.25 bits per heavy atom. The van der Waals surface area contributed by atoms with E-state index in [-0.39, 0.29) is 6.03 Å². The fourth-order valence-corrected chi connectivity index (χ4v) is 1.67.